The highest BCUT2D eigenvalue weighted by Crippen LogP contribution is 2.18. The fraction of sp³-hybridized carbons (Fsp3) is 0.312. The van der Waals surface area contributed by atoms with Crippen LogP contribution in [0.2, 0.25) is 0 Å². The Morgan fingerprint density at radius 2 is 2.00 bits per heavy atom. The highest BCUT2D eigenvalue weighted by molar-refractivity contribution is 7.10. The van der Waals surface area contributed by atoms with E-state index in [1.165, 1.54) is 5.56 Å². The number of carbonyl (C=O) groups is 1. The Morgan fingerprint density at radius 3 is 2.63 bits per heavy atom. The molecule has 2 aromatic rings. The third-order valence-corrected chi connectivity index (χ3v) is 4.10. The van der Waals surface area contributed by atoms with E-state index >= 15 is 0 Å². The van der Waals surface area contributed by atoms with Crippen molar-refractivity contribution in [2.75, 3.05) is 6.54 Å². The molecular formula is C16H19NOS. The summed E-state index contributed by atoms with van der Waals surface area (Å²) in [5.74, 6) is 0.505. The smallest absolute Gasteiger partial charge is 0.225 e. The van der Waals surface area contributed by atoms with Gasteiger partial charge in [-0.1, -0.05) is 43.3 Å². The average molecular weight is 273 g/mol. The molecule has 0 saturated carbocycles. The van der Waals surface area contributed by atoms with Gasteiger partial charge >= 0.3 is 0 Å². The molecule has 0 fully saturated rings. The molecule has 0 radical (unpaired) electrons. The molecular weight excluding hydrogens is 254 g/mol. The Kier molecular flexibility index (Phi) is 5.16. The van der Waals surface area contributed by atoms with Crippen LogP contribution in [-0.2, 0) is 11.2 Å². The molecule has 0 bridgehead atoms. The van der Waals surface area contributed by atoms with Gasteiger partial charge in [-0.15, -0.1) is 11.3 Å². The minimum atomic E-state index is 0.108. The zero-order valence-corrected chi connectivity index (χ0v) is 12.0. The Hall–Kier alpha value is -1.61. The maximum Gasteiger partial charge on any atom is 0.225 e. The molecule has 19 heavy (non-hydrogen) atoms. The second-order valence-electron chi connectivity index (χ2n) is 4.58. The molecule has 100 valence electrons. The first kappa shape index (κ1) is 13.8. The van der Waals surface area contributed by atoms with Crippen molar-refractivity contribution in [2.24, 2.45) is 0 Å². The number of hydrogen-bond donors (Lipinski definition) is 1. The van der Waals surface area contributed by atoms with Crippen molar-refractivity contribution in [1.29, 1.82) is 0 Å². The fourth-order valence-corrected chi connectivity index (χ4v) is 2.80. The topological polar surface area (TPSA) is 29.1 Å². The highest BCUT2D eigenvalue weighted by atomic mass is 32.1. The fourth-order valence-electron chi connectivity index (χ4n) is 2.09. The lowest BCUT2D eigenvalue weighted by atomic mass is 9.96. The third-order valence-electron chi connectivity index (χ3n) is 3.22. The summed E-state index contributed by atoms with van der Waals surface area (Å²) in [4.78, 5) is 13.0. The number of nitrogens with one attached hydrogen (secondary N) is 1. The van der Waals surface area contributed by atoms with Crippen LogP contribution in [0.15, 0.2) is 47.8 Å². The van der Waals surface area contributed by atoms with Crippen molar-refractivity contribution in [3.8, 4) is 0 Å². The molecule has 2 rings (SSSR count). The molecule has 1 N–H and O–H groups in total. The second-order valence-corrected chi connectivity index (χ2v) is 5.61. The lowest BCUT2D eigenvalue weighted by Gasteiger charge is -2.16. The van der Waals surface area contributed by atoms with Gasteiger partial charge in [-0.25, -0.2) is 0 Å². The van der Waals surface area contributed by atoms with Crippen LogP contribution in [0.4, 0.5) is 0 Å². The monoisotopic (exact) mass is 273 g/mol. The van der Waals surface area contributed by atoms with Crippen LogP contribution in [-0.4, -0.2) is 12.5 Å². The van der Waals surface area contributed by atoms with E-state index in [-0.39, 0.29) is 5.91 Å². The van der Waals surface area contributed by atoms with Gasteiger partial charge in [0.05, 0.1) is 6.42 Å². The van der Waals surface area contributed by atoms with Crippen LogP contribution in [0.1, 0.15) is 29.7 Å². The molecule has 1 aromatic carbocycles. The summed E-state index contributed by atoms with van der Waals surface area (Å²) in [5, 5.41) is 5.04. The zero-order chi connectivity index (χ0) is 13.5. The van der Waals surface area contributed by atoms with Crippen LogP contribution in [0, 0.1) is 0 Å². The largest absolute Gasteiger partial charge is 0.355 e. The molecule has 1 amide bonds. The number of carbonyl (C=O) groups excluding carboxylic acids is 1. The summed E-state index contributed by atoms with van der Waals surface area (Å²) in [6, 6.07) is 14.3. The van der Waals surface area contributed by atoms with Crippen LogP contribution in [0.3, 0.4) is 0 Å². The molecule has 0 spiro atoms. The first-order valence-electron chi connectivity index (χ1n) is 6.63. The summed E-state index contributed by atoms with van der Waals surface area (Å²) >= 11 is 1.63. The predicted molar refractivity (Wildman–Crippen MR) is 80.5 cm³/mol. The first-order chi connectivity index (χ1) is 9.29. The van der Waals surface area contributed by atoms with E-state index in [0.29, 0.717) is 18.9 Å². The SMILES string of the molecule is CCC(CNC(=O)Cc1cccs1)c1ccccc1. The lowest BCUT2D eigenvalue weighted by Crippen LogP contribution is -2.29. The van der Waals surface area contributed by atoms with Gasteiger partial charge in [-0.2, -0.15) is 0 Å². The van der Waals surface area contributed by atoms with E-state index < -0.39 is 0 Å². The number of amides is 1. The average Bonchev–Trinajstić information content (AvgIpc) is 2.93. The summed E-state index contributed by atoms with van der Waals surface area (Å²) in [7, 11) is 0. The molecule has 0 aliphatic carbocycles. The van der Waals surface area contributed by atoms with Crippen molar-refractivity contribution in [1.82, 2.24) is 5.32 Å². The molecule has 1 unspecified atom stereocenters. The van der Waals surface area contributed by atoms with Gasteiger partial charge in [0.15, 0.2) is 0 Å². The molecule has 1 aromatic heterocycles. The third kappa shape index (κ3) is 4.21. The van der Waals surface area contributed by atoms with E-state index in [1.807, 2.05) is 35.7 Å². The van der Waals surface area contributed by atoms with Crippen LogP contribution in [0.25, 0.3) is 0 Å². The van der Waals surface area contributed by atoms with Gasteiger partial charge in [-0.3, -0.25) is 4.79 Å². The summed E-state index contributed by atoms with van der Waals surface area (Å²) in [6.45, 7) is 2.87. The van der Waals surface area contributed by atoms with Gasteiger partial charge in [0.25, 0.3) is 0 Å². The molecule has 2 nitrogen and oxygen atoms in total. The van der Waals surface area contributed by atoms with Gasteiger partial charge in [-0.05, 0) is 23.4 Å². The van der Waals surface area contributed by atoms with Crippen molar-refractivity contribution in [3.63, 3.8) is 0 Å². The minimum absolute atomic E-state index is 0.108. The standard InChI is InChI=1S/C16H19NOS/c1-2-13(14-7-4-3-5-8-14)12-17-16(18)11-15-9-6-10-19-15/h3-10,13H,2,11-12H2,1H3,(H,17,18). The van der Waals surface area contributed by atoms with Crippen molar-refractivity contribution in [2.45, 2.75) is 25.7 Å². The summed E-state index contributed by atoms with van der Waals surface area (Å²) < 4.78 is 0. The maximum atomic E-state index is 11.9. The Bertz CT molecular complexity index is 493. The van der Waals surface area contributed by atoms with E-state index in [9.17, 15) is 4.79 Å². The second kappa shape index (κ2) is 7.10. The van der Waals surface area contributed by atoms with Crippen molar-refractivity contribution < 1.29 is 4.79 Å². The molecule has 1 atom stereocenters. The molecule has 0 aliphatic rings. The number of benzene rings is 1. The maximum absolute atomic E-state index is 11.9. The van der Waals surface area contributed by atoms with Gasteiger partial charge in [0.1, 0.15) is 0 Å². The normalized spacial score (nSPS) is 12.1. The molecule has 3 heteroatoms. The van der Waals surface area contributed by atoms with Crippen LogP contribution < -0.4 is 5.32 Å². The van der Waals surface area contributed by atoms with E-state index in [1.54, 1.807) is 11.3 Å². The van der Waals surface area contributed by atoms with Crippen LogP contribution in [0.5, 0.6) is 0 Å². The predicted octanol–water partition coefficient (Wildman–Crippen LogP) is 3.60. The first-order valence-corrected chi connectivity index (χ1v) is 7.51. The van der Waals surface area contributed by atoms with Crippen LogP contribution >= 0.6 is 11.3 Å². The Labute approximate surface area is 118 Å². The summed E-state index contributed by atoms with van der Waals surface area (Å²) in [6.07, 6.45) is 1.52. The molecule has 1 heterocycles. The van der Waals surface area contributed by atoms with E-state index in [0.717, 1.165) is 11.3 Å². The van der Waals surface area contributed by atoms with E-state index in [2.05, 4.69) is 24.4 Å². The zero-order valence-electron chi connectivity index (χ0n) is 11.1. The number of thiophene rings is 1. The number of rotatable bonds is 6. The van der Waals surface area contributed by atoms with Crippen molar-refractivity contribution >= 4 is 17.2 Å². The summed E-state index contributed by atoms with van der Waals surface area (Å²) in [5.41, 5.74) is 1.29. The van der Waals surface area contributed by atoms with Gasteiger partial charge < -0.3 is 5.32 Å². The molecule has 0 saturated heterocycles. The Balaban J connectivity index is 1.85. The van der Waals surface area contributed by atoms with Gasteiger partial charge in [0.2, 0.25) is 5.91 Å². The quantitative estimate of drug-likeness (QED) is 0.856. The molecule has 0 aliphatic heterocycles. The minimum Gasteiger partial charge on any atom is -0.355 e. The van der Waals surface area contributed by atoms with E-state index in [4.69, 9.17) is 0 Å². The highest BCUT2D eigenvalue weighted by Gasteiger charge is 2.11. The van der Waals surface area contributed by atoms with Crippen molar-refractivity contribution in [3.05, 3.63) is 58.3 Å². The van der Waals surface area contributed by atoms with Gasteiger partial charge in [0, 0.05) is 17.3 Å². The lowest BCUT2D eigenvalue weighted by molar-refractivity contribution is -0.120. The Morgan fingerprint density at radius 1 is 1.21 bits per heavy atom. The number of hydrogen-bond acceptors (Lipinski definition) is 2.